The predicted molar refractivity (Wildman–Crippen MR) is 87.5 cm³/mol. The molecule has 2 aromatic rings. The van der Waals surface area contributed by atoms with Crippen molar-refractivity contribution >= 4 is 5.91 Å². The normalized spacial score (nSPS) is 19.6. The molecule has 0 aliphatic heterocycles. The molecule has 1 heterocycles. The number of benzene rings is 1. The Bertz CT molecular complexity index is 653. The standard InChI is InChI=1S/C18H23N3O2/c1-14-9-17(14)18(23)20(7-8-22)11-16-10-19-21(13-16)12-15-5-3-2-4-6-15/h2-6,10,13-14,17,22H,7-9,11-12H2,1H3. The van der Waals surface area contributed by atoms with E-state index in [4.69, 9.17) is 0 Å². The van der Waals surface area contributed by atoms with Gasteiger partial charge in [-0.2, -0.15) is 5.10 Å². The second-order valence-electron chi connectivity index (χ2n) is 6.33. The van der Waals surface area contributed by atoms with Gasteiger partial charge in [-0.15, -0.1) is 0 Å². The minimum absolute atomic E-state index is 0.00894. The molecule has 1 fully saturated rings. The monoisotopic (exact) mass is 313 g/mol. The van der Waals surface area contributed by atoms with Crippen molar-refractivity contribution < 1.29 is 9.90 Å². The van der Waals surface area contributed by atoms with Crippen LogP contribution in [0.3, 0.4) is 0 Å². The van der Waals surface area contributed by atoms with E-state index in [2.05, 4.69) is 24.2 Å². The zero-order chi connectivity index (χ0) is 16.2. The number of aliphatic hydroxyl groups is 1. The van der Waals surface area contributed by atoms with E-state index < -0.39 is 0 Å². The highest BCUT2D eigenvalue weighted by Crippen LogP contribution is 2.39. The maximum Gasteiger partial charge on any atom is 0.226 e. The van der Waals surface area contributed by atoms with Crippen molar-refractivity contribution in [3.8, 4) is 0 Å². The molecule has 5 nitrogen and oxygen atoms in total. The van der Waals surface area contributed by atoms with E-state index in [1.807, 2.05) is 29.1 Å². The van der Waals surface area contributed by atoms with E-state index >= 15 is 0 Å². The molecule has 1 aliphatic carbocycles. The van der Waals surface area contributed by atoms with Gasteiger partial charge in [0.25, 0.3) is 0 Å². The molecule has 0 radical (unpaired) electrons. The molecule has 1 aromatic carbocycles. The zero-order valence-electron chi connectivity index (χ0n) is 13.4. The highest BCUT2D eigenvalue weighted by Gasteiger charge is 2.41. The lowest BCUT2D eigenvalue weighted by molar-refractivity contribution is -0.134. The first kappa shape index (κ1) is 15.7. The Kier molecular flexibility index (Phi) is 4.76. The molecule has 0 saturated heterocycles. The maximum absolute atomic E-state index is 12.4. The molecule has 1 N–H and O–H groups in total. The molecule has 1 aliphatic rings. The Morgan fingerprint density at radius 2 is 2.09 bits per heavy atom. The van der Waals surface area contributed by atoms with Crippen LogP contribution in [0.2, 0.25) is 0 Å². The van der Waals surface area contributed by atoms with Gasteiger partial charge in [-0.3, -0.25) is 9.48 Å². The molecule has 122 valence electrons. The molecule has 23 heavy (non-hydrogen) atoms. The summed E-state index contributed by atoms with van der Waals surface area (Å²) in [5.74, 6) is 0.771. The average molecular weight is 313 g/mol. The van der Waals surface area contributed by atoms with Crippen LogP contribution in [0.1, 0.15) is 24.5 Å². The fourth-order valence-corrected chi connectivity index (χ4v) is 2.85. The minimum Gasteiger partial charge on any atom is -0.395 e. The number of hydrogen-bond donors (Lipinski definition) is 1. The summed E-state index contributed by atoms with van der Waals surface area (Å²) >= 11 is 0. The number of rotatable bonds is 7. The Labute approximate surface area is 136 Å². The van der Waals surface area contributed by atoms with Gasteiger partial charge in [0.2, 0.25) is 5.91 Å². The molecule has 3 rings (SSSR count). The van der Waals surface area contributed by atoms with Crippen molar-refractivity contribution in [1.82, 2.24) is 14.7 Å². The van der Waals surface area contributed by atoms with Crippen molar-refractivity contribution in [2.75, 3.05) is 13.2 Å². The third-order valence-corrected chi connectivity index (χ3v) is 4.36. The molecule has 1 saturated carbocycles. The number of carbonyl (C=O) groups excluding carboxylic acids is 1. The highest BCUT2D eigenvalue weighted by atomic mass is 16.3. The van der Waals surface area contributed by atoms with Crippen molar-refractivity contribution in [3.63, 3.8) is 0 Å². The first-order valence-electron chi connectivity index (χ1n) is 8.12. The van der Waals surface area contributed by atoms with E-state index in [9.17, 15) is 9.90 Å². The molecule has 2 atom stereocenters. The van der Waals surface area contributed by atoms with Crippen LogP contribution in [-0.2, 0) is 17.9 Å². The summed E-state index contributed by atoms with van der Waals surface area (Å²) in [6, 6.07) is 10.2. The molecular formula is C18H23N3O2. The summed E-state index contributed by atoms with van der Waals surface area (Å²) in [4.78, 5) is 14.1. The maximum atomic E-state index is 12.4. The van der Waals surface area contributed by atoms with Gasteiger partial charge in [0.1, 0.15) is 0 Å². The number of hydrogen-bond acceptors (Lipinski definition) is 3. The molecular weight excluding hydrogens is 290 g/mol. The van der Waals surface area contributed by atoms with Gasteiger partial charge in [0, 0.05) is 30.8 Å². The summed E-state index contributed by atoms with van der Waals surface area (Å²) in [7, 11) is 0. The first-order valence-corrected chi connectivity index (χ1v) is 8.12. The number of aliphatic hydroxyl groups excluding tert-OH is 1. The van der Waals surface area contributed by atoms with Crippen molar-refractivity contribution in [2.45, 2.75) is 26.4 Å². The van der Waals surface area contributed by atoms with Crippen LogP contribution in [0.4, 0.5) is 0 Å². The lowest BCUT2D eigenvalue weighted by Gasteiger charge is -2.21. The first-order chi connectivity index (χ1) is 11.2. The van der Waals surface area contributed by atoms with Gasteiger partial charge < -0.3 is 10.0 Å². The molecule has 1 amide bonds. The molecule has 2 unspecified atom stereocenters. The predicted octanol–water partition coefficient (Wildman–Crippen LogP) is 1.91. The summed E-state index contributed by atoms with van der Waals surface area (Å²) in [5, 5.41) is 13.6. The summed E-state index contributed by atoms with van der Waals surface area (Å²) in [6.07, 6.45) is 4.74. The number of amides is 1. The SMILES string of the molecule is CC1CC1C(=O)N(CCO)Cc1cnn(Cc2ccccc2)c1. The number of carbonyl (C=O) groups is 1. The quantitative estimate of drug-likeness (QED) is 0.849. The number of aromatic nitrogens is 2. The van der Waals surface area contributed by atoms with E-state index in [1.54, 1.807) is 11.1 Å². The van der Waals surface area contributed by atoms with Gasteiger partial charge in [-0.05, 0) is 17.9 Å². The van der Waals surface area contributed by atoms with Gasteiger partial charge in [0.15, 0.2) is 0 Å². The largest absolute Gasteiger partial charge is 0.395 e. The average Bonchev–Trinajstić information content (AvgIpc) is 3.12. The second kappa shape index (κ2) is 6.96. The molecule has 0 spiro atoms. The van der Waals surface area contributed by atoms with Crippen LogP contribution >= 0.6 is 0 Å². The van der Waals surface area contributed by atoms with Gasteiger partial charge in [0.05, 0.1) is 19.3 Å². The topological polar surface area (TPSA) is 58.4 Å². The Morgan fingerprint density at radius 3 is 2.74 bits per heavy atom. The van der Waals surface area contributed by atoms with Crippen LogP contribution in [0, 0.1) is 11.8 Å². The molecule has 0 bridgehead atoms. The van der Waals surface area contributed by atoms with Gasteiger partial charge in [-0.25, -0.2) is 0 Å². The Balaban J connectivity index is 1.63. The lowest BCUT2D eigenvalue weighted by Crippen LogP contribution is -2.34. The highest BCUT2D eigenvalue weighted by molar-refractivity contribution is 5.81. The Hall–Kier alpha value is -2.14. The van der Waals surface area contributed by atoms with Crippen molar-refractivity contribution in [3.05, 3.63) is 53.9 Å². The molecule has 5 heteroatoms. The van der Waals surface area contributed by atoms with E-state index in [0.29, 0.717) is 25.6 Å². The van der Waals surface area contributed by atoms with Crippen LogP contribution in [0.25, 0.3) is 0 Å². The van der Waals surface area contributed by atoms with E-state index in [0.717, 1.165) is 12.0 Å². The number of nitrogens with zero attached hydrogens (tertiary/aromatic N) is 3. The van der Waals surface area contributed by atoms with Gasteiger partial charge >= 0.3 is 0 Å². The van der Waals surface area contributed by atoms with Crippen LogP contribution < -0.4 is 0 Å². The second-order valence-corrected chi connectivity index (χ2v) is 6.33. The summed E-state index contributed by atoms with van der Waals surface area (Å²) in [5.41, 5.74) is 2.19. The van der Waals surface area contributed by atoms with E-state index in [-0.39, 0.29) is 18.4 Å². The molecule has 1 aromatic heterocycles. The summed E-state index contributed by atoms with van der Waals surface area (Å²) < 4.78 is 1.88. The Morgan fingerprint density at radius 1 is 1.35 bits per heavy atom. The van der Waals surface area contributed by atoms with Crippen molar-refractivity contribution in [1.29, 1.82) is 0 Å². The van der Waals surface area contributed by atoms with Crippen LogP contribution in [-0.4, -0.2) is 38.8 Å². The zero-order valence-corrected chi connectivity index (χ0v) is 13.4. The lowest BCUT2D eigenvalue weighted by atomic mass is 10.2. The smallest absolute Gasteiger partial charge is 0.226 e. The van der Waals surface area contributed by atoms with Crippen LogP contribution in [0.5, 0.6) is 0 Å². The third-order valence-electron chi connectivity index (χ3n) is 4.36. The third kappa shape index (κ3) is 3.99. The fourth-order valence-electron chi connectivity index (χ4n) is 2.85. The van der Waals surface area contributed by atoms with Crippen LogP contribution in [0.15, 0.2) is 42.7 Å². The fraction of sp³-hybridized carbons (Fsp3) is 0.444. The van der Waals surface area contributed by atoms with Gasteiger partial charge in [-0.1, -0.05) is 37.3 Å². The van der Waals surface area contributed by atoms with E-state index in [1.165, 1.54) is 5.56 Å². The summed E-state index contributed by atoms with van der Waals surface area (Å²) in [6.45, 7) is 3.69. The minimum atomic E-state index is -0.00894. The van der Waals surface area contributed by atoms with Crippen molar-refractivity contribution in [2.24, 2.45) is 11.8 Å².